The first-order chi connectivity index (χ1) is 11.8. The highest BCUT2D eigenvalue weighted by Gasteiger charge is 2.35. The molecule has 1 aliphatic rings. The molecule has 0 saturated heterocycles. The van der Waals surface area contributed by atoms with Crippen LogP contribution in [0.5, 0.6) is 5.75 Å². The van der Waals surface area contributed by atoms with Gasteiger partial charge in [0.25, 0.3) is 5.56 Å². The van der Waals surface area contributed by atoms with E-state index < -0.39 is 17.6 Å². The summed E-state index contributed by atoms with van der Waals surface area (Å²) in [5, 5.41) is 0. The Kier molecular flexibility index (Phi) is 4.55. The third kappa shape index (κ3) is 3.68. The van der Waals surface area contributed by atoms with Crippen molar-refractivity contribution in [3.8, 4) is 5.75 Å². The number of methoxy groups -OCH3 is 1. The van der Waals surface area contributed by atoms with E-state index >= 15 is 0 Å². The van der Waals surface area contributed by atoms with Crippen LogP contribution in [-0.2, 0) is 25.7 Å². The van der Waals surface area contributed by atoms with Crippen LogP contribution in [0.4, 0.5) is 13.2 Å². The van der Waals surface area contributed by atoms with Crippen molar-refractivity contribution in [2.24, 2.45) is 0 Å². The first kappa shape index (κ1) is 17.5. The second kappa shape index (κ2) is 6.51. The van der Waals surface area contributed by atoms with E-state index in [9.17, 15) is 18.0 Å². The van der Waals surface area contributed by atoms with E-state index in [1.807, 2.05) is 35.0 Å². The summed E-state index contributed by atoms with van der Waals surface area (Å²) in [4.78, 5) is 19.5. The lowest BCUT2D eigenvalue weighted by Crippen LogP contribution is -2.36. The van der Waals surface area contributed by atoms with Gasteiger partial charge in [0.15, 0.2) is 0 Å². The number of aromatic amines is 1. The predicted molar refractivity (Wildman–Crippen MR) is 85.4 cm³/mol. The third-order valence-electron chi connectivity index (χ3n) is 4.28. The Hall–Kier alpha value is -2.35. The number of fused-ring (bicyclic) bond motifs is 1. The highest BCUT2D eigenvalue weighted by molar-refractivity contribution is 5.36. The van der Waals surface area contributed by atoms with Crippen LogP contribution in [0.3, 0.4) is 0 Å². The summed E-state index contributed by atoms with van der Waals surface area (Å²) in [6.07, 6.45) is -4.33. The Morgan fingerprint density at radius 2 is 2.12 bits per heavy atom. The van der Waals surface area contributed by atoms with Crippen molar-refractivity contribution in [1.29, 1.82) is 0 Å². The number of ether oxygens (including phenoxy) is 1. The van der Waals surface area contributed by atoms with Crippen LogP contribution >= 0.6 is 0 Å². The average Bonchev–Trinajstić information content (AvgIpc) is 2.54. The molecule has 1 N–H and O–H groups in total. The van der Waals surface area contributed by atoms with E-state index in [0.29, 0.717) is 25.1 Å². The molecular weight excluding hydrogens is 335 g/mol. The maximum Gasteiger partial charge on any atom is 0.449 e. The molecule has 0 atom stereocenters. The number of nitrogens with zero attached hydrogens (tertiary/aromatic N) is 2. The zero-order valence-electron chi connectivity index (χ0n) is 13.9. The molecule has 1 aliphatic heterocycles. The fourth-order valence-electron chi connectivity index (χ4n) is 3.05. The molecule has 2 heterocycles. The van der Waals surface area contributed by atoms with Gasteiger partial charge >= 0.3 is 6.18 Å². The zero-order valence-corrected chi connectivity index (χ0v) is 13.9. The number of aryl methyl sites for hydroxylation is 1. The number of alkyl halides is 3. The van der Waals surface area contributed by atoms with Crippen molar-refractivity contribution in [2.45, 2.75) is 32.6 Å². The normalized spacial score (nSPS) is 15.1. The second-order valence-electron chi connectivity index (χ2n) is 6.10. The van der Waals surface area contributed by atoms with E-state index in [2.05, 4.69) is 4.98 Å². The first-order valence-electron chi connectivity index (χ1n) is 7.83. The fraction of sp³-hybridized carbons (Fsp3) is 0.412. The summed E-state index contributed by atoms with van der Waals surface area (Å²) < 4.78 is 43.5. The lowest BCUT2D eigenvalue weighted by atomic mass is 10.0. The third-order valence-corrected chi connectivity index (χ3v) is 4.28. The molecule has 134 valence electrons. The van der Waals surface area contributed by atoms with E-state index in [1.54, 1.807) is 7.11 Å². The van der Waals surface area contributed by atoms with Gasteiger partial charge in [0.2, 0.25) is 5.82 Å². The number of halogens is 3. The van der Waals surface area contributed by atoms with Gasteiger partial charge in [-0.05, 0) is 24.1 Å². The summed E-state index contributed by atoms with van der Waals surface area (Å²) in [5.41, 5.74) is 1.89. The van der Waals surface area contributed by atoms with Crippen LogP contribution in [0.2, 0.25) is 0 Å². The van der Waals surface area contributed by atoms with E-state index in [4.69, 9.17) is 4.74 Å². The van der Waals surface area contributed by atoms with Crippen molar-refractivity contribution in [1.82, 2.24) is 14.9 Å². The molecule has 0 fully saturated rings. The van der Waals surface area contributed by atoms with Crippen LogP contribution in [0.15, 0.2) is 23.0 Å². The largest absolute Gasteiger partial charge is 0.496 e. The Balaban J connectivity index is 1.80. The maximum absolute atomic E-state index is 12.7. The molecule has 25 heavy (non-hydrogen) atoms. The number of H-pyrrole nitrogens is 1. The van der Waals surface area contributed by atoms with Gasteiger partial charge in [-0.3, -0.25) is 9.69 Å². The standard InChI is InChI=1S/C17H18F3N3O2/c1-10-7-11(3-4-14(10)25-2)8-23-6-5-13-12(9-23)15(24)22-16(21-13)17(18,19)20/h3-4,7H,5-6,8-9H2,1-2H3,(H,21,22,24). The monoisotopic (exact) mass is 353 g/mol. The molecule has 1 aromatic carbocycles. The lowest BCUT2D eigenvalue weighted by molar-refractivity contribution is -0.145. The van der Waals surface area contributed by atoms with Crippen LogP contribution in [0, 0.1) is 6.92 Å². The van der Waals surface area contributed by atoms with E-state index in [1.165, 1.54) is 0 Å². The Morgan fingerprint density at radius 1 is 1.36 bits per heavy atom. The molecule has 0 spiro atoms. The summed E-state index contributed by atoms with van der Waals surface area (Å²) in [7, 11) is 1.61. The van der Waals surface area contributed by atoms with Crippen LogP contribution in [-0.4, -0.2) is 28.5 Å². The van der Waals surface area contributed by atoms with Crippen molar-refractivity contribution in [2.75, 3.05) is 13.7 Å². The molecule has 0 unspecified atom stereocenters. The Bertz CT molecular complexity index is 846. The Morgan fingerprint density at radius 3 is 2.76 bits per heavy atom. The van der Waals surface area contributed by atoms with Gasteiger partial charge in [0.05, 0.1) is 18.4 Å². The zero-order chi connectivity index (χ0) is 18.2. The molecular formula is C17H18F3N3O2. The smallest absolute Gasteiger partial charge is 0.449 e. The number of hydrogen-bond donors (Lipinski definition) is 1. The molecule has 8 heteroatoms. The van der Waals surface area contributed by atoms with Crippen LogP contribution in [0.25, 0.3) is 0 Å². The number of hydrogen-bond acceptors (Lipinski definition) is 4. The van der Waals surface area contributed by atoms with Crippen LogP contribution < -0.4 is 10.3 Å². The van der Waals surface area contributed by atoms with Crippen LogP contribution in [0.1, 0.15) is 28.2 Å². The predicted octanol–water partition coefficient (Wildman–Crippen LogP) is 2.66. The molecule has 0 radical (unpaired) electrons. The lowest BCUT2D eigenvalue weighted by Gasteiger charge is -2.28. The van der Waals surface area contributed by atoms with E-state index in [-0.39, 0.29) is 12.2 Å². The molecule has 1 aromatic heterocycles. The molecule has 0 amide bonds. The average molecular weight is 353 g/mol. The topological polar surface area (TPSA) is 58.2 Å². The number of aromatic nitrogens is 2. The second-order valence-corrected chi connectivity index (χ2v) is 6.10. The van der Waals surface area contributed by atoms with Gasteiger partial charge in [-0.25, -0.2) is 4.98 Å². The molecule has 3 rings (SSSR count). The maximum atomic E-state index is 12.7. The molecule has 0 bridgehead atoms. The van der Waals surface area contributed by atoms with Crippen molar-refractivity contribution in [3.05, 3.63) is 56.8 Å². The highest BCUT2D eigenvalue weighted by Crippen LogP contribution is 2.27. The SMILES string of the molecule is COc1ccc(CN2CCc3nc(C(F)(F)F)[nH]c(=O)c3C2)cc1C. The molecule has 0 saturated carbocycles. The summed E-state index contributed by atoms with van der Waals surface area (Å²) in [6.45, 7) is 3.37. The minimum Gasteiger partial charge on any atom is -0.496 e. The minimum absolute atomic E-state index is 0.234. The van der Waals surface area contributed by atoms with Crippen molar-refractivity contribution < 1.29 is 17.9 Å². The van der Waals surface area contributed by atoms with Crippen molar-refractivity contribution >= 4 is 0 Å². The molecule has 5 nitrogen and oxygen atoms in total. The van der Waals surface area contributed by atoms with Gasteiger partial charge in [0.1, 0.15) is 5.75 Å². The van der Waals surface area contributed by atoms with E-state index in [0.717, 1.165) is 16.9 Å². The molecule has 0 aliphatic carbocycles. The van der Waals surface area contributed by atoms with Gasteiger partial charge in [0, 0.05) is 26.1 Å². The highest BCUT2D eigenvalue weighted by atomic mass is 19.4. The van der Waals surface area contributed by atoms with Gasteiger partial charge in [-0.2, -0.15) is 13.2 Å². The summed E-state index contributed by atoms with van der Waals surface area (Å²) in [5.74, 6) is -0.427. The van der Waals surface area contributed by atoms with Gasteiger partial charge in [-0.15, -0.1) is 0 Å². The molecule has 2 aromatic rings. The number of benzene rings is 1. The van der Waals surface area contributed by atoms with Gasteiger partial charge < -0.3 is 9.72 Å². The summed E-state index contributed by atoms with van der Waals surface area (Å²) >= 11 is 0. The fourth-order valence-corrected chi connectivity index (χ4v) is 3.05. The minimum atomic E-state index is -4.65. The first-order valence-corrected chi connectivity index (χ1v) is 7.83. The van der Waals surface area contributed by atoms with Gasteiger partial charge in [-0.1, -0.05) is 12.1 Å². The quantitative estimate of drug-likeness (QED) is 0.922. The summed E-state index contributed by atoms with van der Waals surface area (Å²) in [6, 6.07) is 5.83. The Labute approximate surface area is 142 Å². The van der Waals surface area contributed by atoms with Crippen molar-refractivity contribution in [3.63, 3.8) is 0 Å². The number of rotatable bonds is 3. The number of nitrogens with one attached hydrogen (secondary N) is 1.